The van der Waals surface area contributed by atoms with E-state index in [1.807, 2.05) is 41.1 Å². The number of urea groups is 1. The predicted octanol–water partition coefficient (Wildman–Crippen LogP) is 4.86. The molecule has 0 aliphatic carbocycles. The molecule has 152 valence electrons. The number of imide groups is 1. The number of nitrogens with zero attached hydrogens (tertiary/aromatic N) is 2. The maximum absolute atomic E-state index is 13.1. The maximum atomic E-state index is 13.1. The highest BCUT2D eigenvalue weighted by Gasteiger charge is 2.33. The Morgan fingerprint density at radius 1 is 0.871 bits per heavy atom. The molecule has 2 heterocycles. The van der Waals surface area contributed by atoms with Crippen molar-refractivity contribution in [3.63, 3.8) is 0 Å². The Balaban J connectivity index is 1.43. The van der Waals surface area contributed by atoms with Crippen LogP contribution in [0.3, 0.4) is 0 Å². The first-order chi connectivity index (χ1) is 15.1. The van der Waals surface area contributed by atoms with E-state index in [9.17, 15) is 14.0 Å². The molecule has 3 amide bonds. The second-order valence-corrected chi connectivity index (χ2v) is 7.34. The van der Waals surface area contributed by atoms with Crippen molar-refractivity contribution < 1.29 is 14.0 Å². The van der Waals surface area contributed by atoms with Crippen LogP contribution in [0.4, 0.5) is 9.18 Å². The molecule has 0 atom stereocenters. The summed E-state index contributed by atoms with van der Waals surface area (Å²) >= 11 is 0. The zero-order valence-electron chi connectivity index (χ0n) is 16.5. The fourth-order valence-corrected chi connectivity index (χ4v) is 3.71. The van der Waals surface area contributed by atoms with Gasteiger partial charge in [-0.25, -0.2) is 9.18 Å². The second-order valence-electron chi connectivity index (χ2n) is 7.34. The first kappa shape index (κ1) is 18.8. The molecule has 1 fully saturated rings. The number of hydrogen-bond donors (Lipinski definition) is 1. The molecule has 1 aromatic heterocycles. The molecular formula is C25H18FN3O2. The molecule has 0 unspecified atom stereocenters. The van der Waals surface area contributed by atoms with Crippen LogP contribution in [0.5, 0.6) is 0 Å². The Hall–Kier alpha value is -4.19. The van der Waals surface area contributed by atoms with Crippen molar-refractivity contribution in [2.45, 2.75) is 6.54 Å². The van der Waals surface area contributed by atoms with Crippen molar-refractivity contribution in [1.29, 1.82) is 0 Å². The minimum atomic E-state index is -0.496. The van der Waals surface area contributed by atoms with Crippen LogP contribution in [0.15, 0.2) is 90.8 Å². The molecule has 0 radical (unpaired) electrons. The van der Waals surface area contributed by atoms with E-state index in [-0.39, 0.29) is 18.1 Å². The number of fused-ring (bicyclic) bond motifs is 1. The van der Waals surface area contributed by atoms with E-state index < -0.39 is 11.9 Å². The number of aromatic nitrogens is 1. The average molecular weight is 411 g/mol. The molecule has 5 nitrogen and oxygen atoms in total. The highest BCUT2D eigenvalue weighted by atomic mass is 19.1. The lowest BCUT2D eigenvalue weighted by molar-refractivity contribution is -0.123. The van der Waals surface area contributed by atoms with Gasteiger partial charge in [-0.15, -0.1) is 0 Å². The number of carbonyl (C=O) groups is 2. The summed E-state index contributed by atoms with van der Waals surface area (Å²) in [5.41, 5.74) is 2.59. The number of amides is 3. The number of carbonyl (C=O) groups excluding carboxylic acids is 2. The van der Waals surface area contributed by atoms with Gasteiger partial charge in [0.25, 0.3) is 5.91 Å². The van der Waals surface area contributed by atoms with Crippen molar-refractivity contribution in [3.05, 3.63) is 108 Å². The maximum Gasteiger partial charge on any atom is 0.329 e. The van der Waals surface area contributed by atoms with Crippen LogP contribution in [-0.2, 0) is 11.3 Å². The number of hydrogen-bond acceptors (Lipinski definition) is 2. The molecule has 1 aliphatic rings. The molecule has 0 saturated carbocycles. The third kappa shape index (κ3) is 3.59. The van der Waals surface area contributed by atoms with E-state index in [0.29, 0.717) is 5.56 Å². The van der Waals surface area contributed by atoms with E-state index in [1.54, 1.807) is 18.2 Å². The predicted molar refractivity (Wildman–Crippen MR) is 117 cm³/mol. The number of halogens is 1. The van der Waals surface area contributed by atoms with Gasteiger partial charge >= 0.3 is 6.03 Å². The highest BCUT2D eigenvalue weighted by Crippen LogP contribution is 2.23. The van der Waals surface area contributed by atoms with Gasteiger partial charge in [0.15, 0.2) is 0 Å². The van der Waals surface area contributed by atoms with Crippen LogP contribution >= 0.6 is 0 Å². The summed E-state index contributed by atoms with van der Waals surface area (Å²) in [6.45, 7) is 0.0774. The monoisotopic (exact) mass is 411 g/mol. The van der Waals surface area contributed by atoms with Gasteiger partial charge in [-0.3, -0.25) is 9.69 Å². The summed E-state index contributed by atoms with van der Waals surface area (Å²) < 4.78 is 15.1. The molecule has 3 aromatic carbocycles. The summed E-state index contributed by atoms with van der Waals surface area (Å²) in [7, 11) is 0. The van der Waals surface area contributed by atoms with Gasteiger partial charge < -0.3 is 9.88 Å². The molecular weight excluding hydrogens is 393 g/mol. The zero-order valence-corrected chi connectivity index (χ0v) is 16.5. The van der Waals surface area contributed by atoms with E-state index in [1.165, 1.54) is 12.1 Å². The van der Waals surface area contributed by atoms with Crippen LogP contribution in [-0.4, -0.2) is 21.4 Å². The summed E-state index contributed by atoms with van der Waals surface area (Å²) in [5, 5.41) is 4.90. The lowest BCUT2D eigenvalue weighted by atomic mass is 10.1. The van der Waals surface area contributed by atoms with Crippen molar-refractivity contribution in [2.75, 3.05) is 0 Å². The topological polar surface area (TPSA) is 54.3 Å². The van der Waals surface area contributed by atoms with Gasteiger partial charge in [-0.2, -0.15) is 0 Å². The number of nitrogens with one attached hydrogen (secondary N) is 1. The molecule has 1 N–H and O–H groups in total. The molecule has 0 spiro atoms. The van der Waals surface area contributed by atoms with E-state index in [4.69, 9.17) is 0 Å². The standard InChI is InChI=1S/C25H18FN3O2/c26-20-10-7-17(8-11-20)16-29-24(30)23(27-25(29)31)15-21-6-3-13-28(21)22-12-9-18-4-1-2-5-19(18)14-22/h1-15H,16H2,(H,27,31)/b23-15-. The fraction of sp³-hybridized carbons (Fsp3) is 0.0400. The van der Waals surface area contributed by atoms with Gasteiger partial charge in [0.2, 0.25) is 0 Å². The van der Waals surface area contributed by atoms with Crippen LogP contribution in [0.25, 0.3) is 22.5 Å². The fourth-order valence-electron chi connectivity index (χ4n) is 3.71. The van der Waals surface area contributed by atoms with Gasteiger partial charge in [0.05, 0.1) is 6.54 Å². The first-order valence-corrected chi connectivity index (χ1v) is 9.84. The molecule has 1 saturated heterocycles. The Labute approximate surface area is 178 Å². The Morgan fingerprint density at radius 3 is 2.45 bits per heavy atom. The zero-order chi connectivity index (χ0) is 21.4. The number of benzene rings is 3. The smallest absolute Gasteiger partial charge is 0.317 e. The van der Waals surface area contributed by atoms with Crippen LogP contribution in [0.1, 0.15) is 11.3 Å². The third-order valence-corrected chi connectivity index (χ3v) is 5.30. The van der Waals surface area contributed by atoms with Gasteiger partial charge in [-0.05, 0) is 58.8 Å². The third-order valence-electron chi connectivity index (χ3n) is 5.30. The van der Waals surface area contributed by atoms with Crippen molar-refractivity contribution in [2.24, 2.45) is 0 Å². The lowest BCUT2D eigenvalue weighted by Crippen LogP contribution is -2.30. The summed E-state index contributed by atoms with van der Waals surface area (Å²) in [5.74, 6) is -0.781. The van der Waals surface area contributed by atoms with Crippen LogP contribution < -0.4 is 5.32 Å². The summed E-state index contributed by atoms with van der Waals surface area (Å²) in [6, 6.07) is 23.2. The van der Waals surface area contributed by atoms with E-state index in [0.717, 1.165) is 27.1 Å². The van der Waals surface area contributed by atoms with Gasteiger partial charge in [0, 0.05) is 17.6 Å². The van der Waals surface area contributed by atoms with Crippen LogP contribution in [0.2, 0.25) is 0 Å². The largest absolute Gasteiger partial charge is 0.329 e. The molecule has 0 bridgehead atoms. The minimum Gasteiger partial charge on any atom is -0.317 e. The normalized spacial score (nSPS) is 15.1. The molecule has 31 heavy (non-hydrogen) atoms. The Morgan fingerprint density at radius 2 is 1.65 bits per heavy atom. The lowest BCUT2D eigenvalue weighted by Gasteiger charge is -2.11. The molecule has 5 rings (SSSR count). The Bertz CT molecular complexity index is 1340. The summed E-state index contributed by atoms with van der Waals surface area (Å²) in [4.78, 5) is 26.3. The SMILES string of the molecule is O=C1N/C(=C\c2cccn2-c2ccc3ccccc3c2)C(=O)N1Cc1ccc(F)cc1. The number of rotatable bonds is 4. The Kier molecular flexibility index (Phi) is 4.59. The van der Waals surface area contributed by atoms with Crippen molar-refractivity contribution in [3.8, 4) is 5.69 Å². The minimum absolute atomic E-state index is 0.0774. The van der Waals surface area contributed by atoms with Gasteiger partial charge in [-0.1, -0.05) is 42.5 Å². The van der Waals surface area contributed by atoms with E-state index in [2.05, 4.69) is 29.6 Å². The van der Waals surface area contributed by atoms with E-state index >= 15 is 0 Å². The van der Waals surface area contributed by atoms with Crippen molar-refractivity contribution in [1.82, 2.24) is 14.8 Å². The van der Waals surface area contributed by atoms with Crippen molar-refractivity contribution >= 4 is 28.8 Å². The average Bonchev–Trinajstić information content (AvgIpc) is 3.35. The highest BCUT2D eigenvalue weighted by molar-refractivity contribution is 6.13. The molecule has 6 heteroatoms. The second kappa shape index (κ2) is 7.57. The molecule has 1 aliphatic heterocycles. The summed E-state index contributed by atoms with van der Waals surface area (Å²) in [6.07, 6.45) is 3.58. The van der Waals surface area contributed by atoms with Gasteiger partial charge in [0.1, 0.15) is 11.5 Å². The molecule has 4 aromatic rings. The van der Waals surface area contributed by atoms with Crippen LogP contribution in [0, 0.1) is 5.82 Å². The first-order valence-electron chi connectivity index (χ1n) is 9.84. The quantitative estimate of drug-likeness (QED) is 0.385.